The number of benzene rings is 1. The van der Waals surface area contributed by atoms with E-state index in [1.807, 2.05) is 0 Å². The van der Waals surface area contributed by atoms with Crippen LogP contribution in [0.3, 0.4) is 0 Å². The number of carboxylic acids is 1. The molecule has 0 fully saturated rings. The average Bonchev–Trinajstić information content (AvgIpc) is 2.30. The van der Waals surface area contributed by atoms with Crippen LogP contribution in [0.25, 0.3) is 0 Å². The lowest BCUT2D eigenvalue weighted by Crippen LogP contribution is -2.18. The number of hydrogen-bond acceptors (Lipinski definition) is 4. The Morgan fingerprint density at radius 1 is 1.47 bits per heavy atom. The van der Waals surface area contributed by atoms with Gasteiger partial charge in [0.25, 0.3) is 0 Å². The van der Waals surface area contributed by atoms with Gasteiger partial charge >= 0.3 is 5.97 Å². The summed E-state index contributed by atoms with van der Waals surface area (Å²) < 4.78 is 18.0. The number of hydroxylamine groups is 1. The molecule has 0 aliphatic rings. The van der Waals surface area contributed by atoms with Gasteiger partial charge in [-0.2, -0.15) is 5.48 Å². The van der Waals surface area contributed by atoms with Gasteiger partial charge in [-0.15, -0.1) is 0 Å². The van der Waals surface area contributed by atoms with Crippen molar-refractivity contribution in [2.24, 2.45) is 0 Å². The molecular formula is C11H14FNO4. The van der Waals surface area contributed by atoms with Gasteiger partial charge in [-0.1, -0.05) is 0 Å². The van der Waals surface area contributed by atoms with Gasteiger partial charge in [-0.05, 0) is 18.2 Å². The second kappa shape index (κ2) is 6.95. The van der Waals surface area contributed by atoms with Crippen molar-refractivity contribution < 1.29 is 23.9 Å². The van der Waals surface area contributed by atoms with Gasteiger partial charge in [-0.25, -0.2) is 9.18 Å². The first-order valence-corrected chi connectivity index (χ1v) is 5.00. The zero-order chi connectivity index (χ0) is 12.7. The smallest absolute Gasteiger partial charge is 0.335 e. The molecule has 1 aromatic carbocycles. The van der Waals surface area contributed by atoms with Crippen LogP contribution >= 0.6 is 0 Å². The highest BCUT2D eigenvalue weighted by Gasteiger charge is 2.07. The third-order valence-corrected chi connectivity index (χ3v) is 2.05. The highest BCUT2D eigenvalue weighted by atomic mass is 19.1. The standard InChI is InChI=1S/C11H14FNO4/c1-16-4-5-17-13-7-9-6-8(11(14)15)2-3-10(9)12/h2-3,6,13H,4-5,7H2,1H3,(H,14,15). The largest absolute Gasteiger partial charge is 0.478 e. The molecule has 0 radical (unpaired) electrons. The molecule has 0 atom stereocenters. The van der Waals surface area contributed by atoms with Crippen LogP contribution in [0.5, 0.6) is 0 Å². The highest BCUT2D eigenvalue weighted by Crippen LogP contribution is 2.10. The molecule has 0 amide bonds. The number of methoxy groups -OCH3 is 1. The fourth-order valence-corrected chi connectivity index (χ4v) is 1.17. The van der Waals surface area contributed by atoms with Gasteiger partial charge in [0.1, 0.15) is 5.82 Å². The average molecular weight is 243 g/mol. The van der Waals surface area contributed by atoms with Crippen molar-refractivity contribution in [3.63, 3.8) is 0 Å². The molecule has 94 valence electrons. The summed E-state index contributed by atoms with van der Waals surface area (Å²) >= 11 is 0. The van der Waals surface area contributed by atoms with E-state index in [0.717, 1.165) is 6.07 Å². The second-order valence-electron chi connectivity index (χ2n) is 3.27. The normalized spacial score (nSPS) is 10.5. The molecule has 0 unspecified atom stereocenters. The summed E-state index contributed by atoms with van der Waals surface area (Å²) in [5.41, 5.74) is 2.81. The van der Waals surface area contributed by atoms with Gasteiger partial charge in [0, 0.05) is 19.2 Å². The zero-order valence-electron chi connectivity index (χ0n) is 9.40. The van der Waals surface area contributed by atoms with Crippen LogP contribution in [0, 0.1) is 5.82 Å². The quantitative estimate of drug-likeness (QED) is 0.556. The molecule has 0 spiro atoms. The number of nitrogens with one attached hydrogen (secondary N) is 1. The number of aromatic carboxylic acids is 1. The predicted molar refractivity (Wildman–Crippen MR) is 58.0 cm³/mol. The third kappa shape index (κ3) is 4.48. The van der Waals surface area contributed by atoms with Crippen molar-refractivity contribution in [2.45, 2.75) is 6.54 Å². The molecule has 17 heavy (non-hydrogen) atoms. The monoisotopic (exact) mass is 243 g/mol. The van der Waals surface area contributed by atoms with Crippen LogP contribution in [-0.2, 0) is 16.1 Å². The zero-order valence-corrected chi connectivity index (χ0v) is 9.40. The van der Waals surface area contributed by atoms with E-state index in [-0.39, 0.29) is 17.7 Å². The molecule has 5 nitrogen and oxygen atoms in total. The van der Waals surface area contributed by atoms with Crippen molar-refractivity contribution in [2.75, 3.05) is 20.3 Å². The van der Waals surface area contributed by atoms with E-state index >= 15 is 0 Å². The number of rotatable bonds is 7. The Morgan fingerprint density at radius 3 is 2.88 bits per heavy atom. The molecule has 6 heteroatoms. The fraction of sp³-hybridized carbons (Fsp3) is 0.364. The first-order valence-electron chi connectivity index (χ1n) is 5.00. The number of halogens is 1. The third-order valence-electron chi connectivity index (χ3n) is 2.05. The number of ether oxygens (including phenoxy) is 1. The van der Waals surface area contributed by atoms with Gasteiger partial charge in [0.05, 0.1) is 18.8 Å². The minimum atomic E-state index is -1.09. The molecule has 0 bridgehead atoms. The molecule has 0 heterocycles. The lowest BCUT2D eigenvalue weighted by molar-refractivity contribution is 0.00306. The van der Waals surface area contributed by atoms with Crippen molar-refractivity contribution >= 4 is 5.97 Å². The Balaban J connectivity index is 2.51. The Kier molecular flexibility index (Phi) is 5.55. The number of hydrogen-bond donors (Lipinski definition) is 2. The van der Waals surface area contributed by atoms with Crippen molar-refractivity contribution in [3.05, 3.63) is 35.1 Å². The highest BCUT2D eigenvalue weighted by molar-refractivity contribution is 5.87. The molecule has 0 aliphatic carbocycles. The van der Waals surface area contributed by atoms with Crippen LogP contribution in [0.2, 0.25) is 0 Å². The van der Waals surface area contributed by atoms with E-state index in [1.54, 1.807) is 7.11 Å². The lowest BCUT2D eigenvalue weighted by atomic mass is 10.1. The summed E-state index contributed by atoms with van der Waals surface area (Å²) in [6.07, 6.45) is 0. The van der Waals surface area contributed by atoms with E-state index in [2.05, 4.69) is 5.48 Å². The van der Waals surface area contributed by atoms with E-state index in [4.69, 9.17) is 14.7 Å². The predicted octanol–water partition coefficient (Wildman–Crippen LogP) is 1.19. The summed E-state index contributed by atoms with van der Waals surface area (Å²) in [5, 5.41) is 8.75. The molecule has 0 aromatic heterocycles. The molecule has 0 aliphatic heterocycles. The summed E-state index contributed by atoms with van der Waals surface area (Å²) in [4.78, 5) is 15.6. The van der Waals surface area contributed by atoms with Crippen LogP contribution in [0.1, 0.15) is 15.9 Å². The van der Waals surface area contributed by atoms with E-state index in [9.17, 15) is 9.18 Å². The minimum Gasteiger partial charge on any atom is -0.478 e. The molecule has 1 rings (SSSR count). The maximum Gasteiger partial charge on any atom is 0.335 e. The summed E-state index contributed by atoms with van der Waals surface area (Å²) in [7, 11) is 1.54. The second-order valence-corrected chi connectivity index (χ2v) is 3.27. The summed E-state index contributed by atoms with van der Waals surface area (Å²) in [5.74, 6) is -1.57. The first kappa shape index (κ1) is 13.6. The maximum atomic E-state index is 13.3. The molecule has 0 saturated carbocycles. The SMILES string of the molecule is COCCONCc1cc(C(=O)O)ccc1F. The van der Waals surface area contributed by atoms with Crippen molar-refractivity contribution in [3.8, 4) is 0 Å². The number of carboxylic acid groups (broad SMARTS) is 1. The number of carbonyl (C=O) groups is 1. The summed E-state index contributed by atoms with van der Waals surface area (Å²) in [6, 6.07) is 3.60. The minimum absolute atomic E-state index is 0.0418. The Bertz CT molecular complexity index is 384. The van der Waals surface area contributed by atoms with Crippen LogP contribution in [0.15, 0.2) is 18.2 Å². The van der Waals surface area contributed by atoms with E-state index < -0.39 is 11.8 Å². The molecule has 0 saturated heterocycles. The van der Waals surface area contributed by atoms with Crippen LogP contribution in [-0.4, -0.2) is 31.4 Å². The van der Waals surface area contributed by atoms with Gasteiger partial charge in [0.2, 0.25) is 0 Å². The summed E-state index contributed by atoms with van der Waals surface area (Å²) in [6.45, 7) is 0.845. The lowest BCUT2D eigenvalue weighted by Gasteiger charge is -2.07. The molecular weight excluding hydrogens is 229 g/mol. The first-order chi connectivity index (χ1) is 8.15. The maximum absolute atomic E-state index is 13.3. The Labute approximate surface area is 98.1 Å². The Hall–Kier alpha value is -1.50. The Morgan fingerprint density at radius 2 is 2.24 bits per heavy atom. The van der Waals surface area contributed by atoms with Crippen molar-refractivity contribution in [1.82, 2.24) is 5.48 Å². The molecule has 1 aromatic rings. The van der Waals surface area contributed by atoms with Crippen molar-refractivity contribution in [1.29, 1.82) is 0 Å². The topological polar surface area (TPSA) is 67.8 Å². The fourth-order valence-electron chi connectivity index (χ4n) is 1.17. The van der Waals surface area contributed by atoms with Gasteiger partial charge in [0.15, 0.2) is 0 Å². The van der Waals surface area contributed by atoms with E-state index in [0.29, 0.717) is 13.2 Å². The van der Waals surface area contributed by atoms with Crippen LogP contribution in [0.4, 0.5) is 4.39 Å². The van der Waals surface area contributed by atoms with Gasteiger partial charge < -0.3 is 9.84 Å². The van der Waals surface area contributed by atoms with Gasteiger partial charge in [-0.3, -0.25) is 4.84 Å². The molecule has 2 N–H and O–H groups in total. The van der Waals surface area contributed by atoms with Crippen LogP contribution < -0.4 is 5.48 Å². The van der Waals surface area contributed by atoms with E-state index in [1.165, 1.54) is 12.1 Å².